The number of amides is 1. The minimum atomic E-state index is -4.26. The van der Waals surface area contributed by atoms with Crippen molar-refractivity contribution in [1.82, 2.24) is 14.8 Å². The third-order valence-electron chi connectivity index (χ3n) is 9.55. The number of nitrogens with zero attached hydrogens (tertiary/aromatic N) is 3. The Bertz CT molecular complexity index is 1420. The highest BCUT2D eigenvalue weighted by atomic mass is 19.4. The summed E-state index contributed by atoms with van der Waals surface area (Å²) in [5, 5.41) is 1.16. The van der Waals surface area contributed by atoms with Crippen molar-refractivity contribution in [3.8, 4) is 0 Å². The van der Waals surface area contributed by atoms with Crippen LogP contribution >= 0.6 is 0 Å². The lowest BCUT2D eigenvalue weighted by Crippen LogP contribution is -2.50. The molecule has 3 unspecified atom stereocenters. The molecule has 6 nitrogen and oxygen atoms in total. The van der Waals surface area contributed by atoms with E-state index in [1.54, 1.807) is 4.90 Å². The van der Waals surface area contributed by atoms with E-state index in [-0.39, 0.29) is 24.0 Å². The number of alkyl halides is 3. The SMILES string of the molecule is CCOC(=O)N1CCCCC(c2ccc3c(c2)C2CCN(CC)CC2N3CC(F)(F)F)c2[nH]c3ccccc3c2CC1. The number of rotatable bonds is 4. The Balaban J connectivity index is 1.39. The molecule has 1 fully saturated rings. The number of H-pyrrole nitrogens is 1. The number of carbonyl (C=O) groups excluding carboxylic acids is 1. The number of benzene rings is 2. The molecule has 2 aromatic carbocycles. The highest BCUT2D eigenvalue weighted by Crippen LogP contribution is 2.48. The van der Waals surface area contributed by atoms with Gasteiger partial charge in [0.05, 0.1) is 6.61 Å². The second-order valence-electron chi connectivity index (χ2n) is 12.0. The van der Waals surface area contributed by atoms with Crippen LogP contribution in [-0.4, -0.2) is 79.0 Å². The number of hydrogen-bond donors (Lipinski definition) is 1. The lowest BCUT2D eigenvalue weighted by atomic mass is 9.83. The van der Waals surface area contributed by atoms with Gasteiger partial charge in [-0.25, -0.2) is 4.79 Å². The zero-order valence-corrected chi connectivity index (χ0v) is 24.6. The fourth-order valence-corrected chi connectivity index (χ4v) is 7.56. The van der Waals surface area contributed by atoms with Crippen molar-refractivity contribution in [3.63, 3.8) is 0 Å². The van der Waals surface area contributed by atoms with Crippen LogP contribution in [0.15, 0.2) is 42.5 Å². The number of likely N-dealkylation sites (N-methyl/N-ethyl adjacent to an activating group) is 1. The summed E-state index contributed by atoms with van der Waals surface area (Å²) in [6, 6.07) is 14.4. The fourth-order valence-electron chi connectivity index (χ4n) is 7.56. The number of likely N-dealkylation sites (tertiary alicyclic amines) is 1. The smallest absolute Gasteiger partial charge is 0.409 e. The Morgan fingerprint density at radius 2 is 1.88 bits per heavy atom. The number of piperidine rings is 1. The largest absolute Gasteiger partial charge is 0.450 e. The number of nitrogens with one attached hydrogen (secondary N) is 1. The Labute approximate surface area is 245 Å². The van der Waals surface area contributed by atoms with Gasteiger partial charge in [0.25, 0.3) is 0 Å². The van der Waals surface area contributed by atoms with Gasteiger partial charge in [0.15, 0.2) is 0 Å². The van der Waals surface area contributed by atoms with Crippen molar-refractivity contribution in [2.75, 3.05) is 50.8 Å². The van der Waals surface area contributed by atoms with E-state index in [0.29, 0.717) is 32.7 Å². The van der Waals surface area contributed by atoms with Crippen molar-refractivity contribution >= 4 is 22.7 Å². The summed E-state index contributed by atoms with van der Waals surface area (Å²) < 4.78 is 46.6. The molecule has 3 aliphatic rings. The number of aromatic nitrogens is 1. The van der Waals surface area contributed by atoms with Crippen molar-refractivity contribution in [2.45, 2.75) is 70.0 Å². The summed E-state index contributed by atoms with van der Waals surface area (Å²) in [5.41, 5.74) is 6.41. The first-order valence-electron chi connectivity index (χ1n) is 15.5. The van der Waals surface area contributed by atoms with Crippen LogP contribution in [0.2, 0.25) is 0 Å². The van der Waals surface area contributed by atoms with Crippen molar-refractivity contribution in [1.29, 1.82) is 0 Å². The maximum Gasteiger partial charge on any atom is 0.409 e. The maximum atomic E-state index is 13.8. The number of aromatic amines is 1. The van der Waals surface area contributed by atoms with Gasteiger partial charge in [0.1, 0.15) is 6.54 Å². The molecule has 1 amide bonds. The van der Waals surface area contributed by atoms with E-state index < -0.39 is 12.7 Å². The van der Waals surface area contributed by atoms with Gasteiger partial charge in [0, 0.05) is 59.8 Å². The number of carbonyl (C=O) groups is 1. The van der Waals surface area contributed by atoms with E-state index in [0.717, 1.165) is 72.2 Å². The Morgan fingerprint density at radius 1 is 1.05 bits per heavy atom. The maximum absolute atomic E-state index is 13.8. The van der Waals surface area contributed by atoms with Crippen LogP contribution < -0.4 is 4.90 Å². The third-order valence-corrected chi connectivity index (χ3v) is 9.55. The predicted molar refractivity (Wildman–Crippen MR) is 159 cm³/mol. The number of hydrogen-bond acceptors (Lipinski definition) is 4. The fraction of sp³-hybridized carbons (Fsp3) is 0.545. The summed E-state index contributed by atoms with van der Waals surface area (Å²) in [4.78, 5) is 22.1. The zero-order valence-electron chi connectivity index (χ0n) is 24.6. The zero-order chi connectivity index (χ0) is 29.4. The van der Waals surface area contributed by atoms with E-state index in [1.807, 2.05) is 30.0 Å². The molecule has 1 aromatic heterocycles. The topological polar surface area (TPSA) is 51.8 Å². The first kappa shape index (κ1) is 28.9. The first-order chi connectivity index (χ1) is 20.3. The van der Waals surface area contributed by atoms with Crippen LogP contribution in [0.5, 0.6) is 0 Å². The lowest BCUT2D eigenvalue weighted by Gasteiger charge is -2.39. The normalized spacial score (nSPS) is 23.4. The molecule has 1 N–H and O–H groups in total. The van der Waals surface area contributed by atoms with Crippen LogP contribution in [0.4, 0.5) is 23.7 Å². The second-order valence-corrected chi connectivity index (χ2v) is 12.0. The van der Waals surface area contributed by atoms with Gasteiger partial charge in [-0.3, -0.25) is 0 Å². The molecule has 0 aliphatic carbocycles. The minimum absolute atomic E-state index is 0.0951. The first-order valence-corrected chi connectivity index (χ1v) is 15.5. The molecule has 0 spiro atoms. The Hall–Kier alpha value is -3.20. The van der Waals surface area contributed by atoms with Crippen LogP contribution in [0, 0.1) is 0 Å². The predicted octanol–water partition coefficient (Wildman–Crippen LogP) is 7.04. The third kappa shape index (κ3) is 5.60. The summed E-state index contributed by atoms with van der Waals surface area (Å²) in [7, 11) is 0. The van der Waals surface area contributed by atoms with Crippen molar-refractivity contribution in [2.24, 2.45) is 0 Å². The molecule has 42 heavy (non-hydrogen) atoms. The molecule has 3 aliphatic heterocycles. The molecule has 1 saturated heterocycles. The average molecular weight is 583 g/mol. The summed E-state index contributed by atoms with van der Waals surface area (Å²) in [5.74, 6) is 0.197. The van der Waals surface area contributed by atoms with Crippen molar-refractivity contribution < 1.29 is 22.7 Å². The molecule has 9 heteroatoms. The molecular formula is C33H41F3N4O2. The molecule has 0 bridgehead atoms. The Kier molecular flexibility index (Phi) is 8.13. The molecule has 3 aromatic rings. The molecule has 0 saturated carbocycles. The number of ether oxygens (including phenoxy) is 1. The van der Waals surface area contributed by atoms with E-state index in [4.69, 9.17) is 4.74 Å². The van der Waals surface area contributed by atoms with E-state index in [1.165, 1.54) is 5.56 Å². The van der Waals surface area contributed by atoms with Gasteiger partial charge < -0.3 is 24.4 Å². The molecule has 0 radical (unpaired) electrons. The molecule has 226 valence electrons. The average Bonchev–Trinajstić information content (AvgIpc) is 3.49. The van der Waals surface area contributed by atoms with Gasteiger partial charge in [-0.2, -0.15) is 13.2 Å². The number of anilines is 1. The summed E-state index contributed by atoms with van der Waals surface area (Å²) >= 11 is 0. The van der Waals surface area contributed by atoms with Crippen molar-refractivity contribution in [3.05, 3.63) is 64.8 Å². The van der Waals surface area contributed by atoms with Gasteiger partial charge >= 0.3 is 12.3 Å². The van der Waals surface area contributed by atoms with E-state index in [9.17, 15) is 18.0 Å². The molecule has 4 heterocycles. The number of halogens is 3. The van der Waals surface area contributed by atoms with Gasteiger partial charge in [-0.05, 0) is 74.5 Å². The summed E-state index contributed by atoms with van der Waals surface area (Å²) in [6.45, 7) is 7.00. The van der Waals surface area contributed by atoms with Crippen LogP contribution in [0.1, 0.15) is 73.8 Å². The standard InChI is InChI=1S/C33H41F3N4O2/c1-3-38-17-14-25-27-19-22(12-13-29(27)40(30(25)20-38)21-33(34,35)36)23-9-7-8-16-39(32(41)42-4-2)18-15-26-24-10-5-6-11-28(24)37-31(23)26/h5-6,10-13,19,23,25,30,37H,3-4,7-9,14-18,20-21H2,1-2H3. The van der Waals surface area contributed by atoms with Crippen LogP contribution in [-0.2, 0) is 11.2 Å². The highest BCUT2D eigenvalue weighted by Gasteiger charge is 2.46. The van der Waals surface area contributed by atoms with E-state index in [2.05, 4.69) is 41.1 Å². The van der Waals surface area contributed by atoms with E-state index >= 15 is 0 Å². The quantitative estimate of drug-likeness (QED) is 0.358. The lowest BCUT2D eigenvalue weighted by molar-refractivity contribution is -0.121. The number of para-hydroxylation sites is 1. The van der Waals surface area contributed by atoms with Gasteiger partial charge in [-0.1, -0.05) is 43.7 Å². The minimum Gasteiger partial charge on any atom is -0.450 e. The highest BCUT2D eigenvalue weighted by molar-refractivity contribution is 5.85. The van der Waals surface area contributed by atoms with Crippen LogP contribution in [0.25, 0.3) is 10.9 Å². The Morgan fingerprint density at radius 3 is 2.67 bits per heavy atom. The van der Waals surface area contributed by atoms with Gasteiger partial charge in [-0.15, -0.1) is 0 Å². The summed E-state index contributed by atoms with van der Waals surface area (Å²) in [6.07, 6.45) is -0.268. The monoisotopic (exact) mass is 582 g/mol. The second kappa shape index (κ2) is 11.8. The van der Waals surface area contributed by atoms with Crippen LogP contribution in [0.3, 0.4) is 0 Å². The molecule has 3 atom stereocenters. The van der Waals surface area contributed by atoms with Gasteiger partial charge in [0.2, 0.25) is 0 Å². The molecule has 6 rings (SSSR count). The number of fused-ring (bicyclic) bond motifs is 6. The molecular weight excluding hydrogens is 541 g/mol.